The SMILES string of the molecule is O=C(NCC1CC1)C1CCC(=O)N1Cc1cccs1. The third-order valence-corrected chi connectivity index (χ3v) is 4.66. The predicted molar refractivity (Wildman–Crippen MR) is 73.6 cm³/mol. The molecule has 0 radical (unpaired) electrons. The fraction of sp³-hybridized carbons (Fsp3) is 0.571. The van der Waals surface area contributed by atoms with Crippen molar-refractivity contribution in [2.45, 2.75) is 38.3 Å². The number of likely N-dealkylation sites (tertiary alicyclic amines) is 1. The molecule has 2 aliphatic rings. The summed E-state index contributed by atoms with van der Waals surface area (Å²) in [5.74, 6) is 0.793. The highest BCUT2D eigenvalue weighted by Crippen LogP contribution is 2.28. The topological polar surface area (TPSA) is 49.4 Å². The zero-order chi connectivity index (χ0) is 13.2. The van der Waals surface area contributed by atoms with Crippen LogP contribution in [0.25, 0.3) is 0 Å². The van der Waals surface area contributed by atoms with Gasteiger partial charge in [-0.05, 0) is 36.6 Å². The standard InChI is InChI=1S/C14H18N2O2S/c17-13-6-5-12(14(18)15-8-10-3-4-10)16(13)9-11-2-1-7-19-11/h1-2,7,10,12H,3-6,8-9H2,(H,15,18). The molecule has 102 valence electrons. The van der Waals surface area contributed by atoms with Crippen molar-refractivity contribution in [3.05, 3.63) is 22.4 Å². The van der Waals surface area contributed by atoms with Gasteiger partial charge in [0.1, 0.15) is 6.04 Å². The van der Waals surface area contributed by atoms with E-state index in [0.717, 1.165) is 11.4 Å². The molecule has 2 heterocycles. The zero-order valence-corrected chi connectivity index (χ0v) is 11.6. The van der Waals surface area contributed by atoms with Crippen molar-refractivity contribution in [2.75, 3.05) is 6.54 Å². The van der Waals surface area contributed by atoms with Crippen LogP contribution in [0.2, 0.25) is 0 Å². The molecule has 1 aromatic rings. The van der Waals surface area contributed by atoms with Crippen LogP contribution in [-0.4, -0.2) is 29.3 Å². The van der Waals surface area contributed by atoms with Gasteiger partial charge in [-0.25, -0.2) is 0 Å². The van der Waals surface area contributed by atoms with E-state index < -0.39 is 0 Å². The van der Waals surface area contributed by atoms with Gasteiger partial charge in [-0.2, -0.15) is 0 Å². The van der Waals surface area contributed by atoms with Crippen molar-refractivity contribution in [3.63, 3.8) is 0 Å². The Balaban J connectivity index is 1.61. The fourth-order valence-corrected chi connectivity index (χ4v) is 3.16. The Bertz CT molecular complexity index is 468. The van der Waals surface area contributed by atoms with Crippen LogP contribution in [0.15, 0.2) is 17.5 Å². The van der Waals surface area contributed by atoms with Crippen molar-refractivity contribution in [2.24, 2.45) is 5.92 Å². The molecule has 1 unspecified atom stereocenters. The van der Waals surface area contributed by atoms with Crippen molar-refractivity contribution >= 4 is 23.2 Å². The highest BCUT2D eigenvalue weighted by atomic mass is 32.1. The second kappa shape index (κ2) is 5.33. The molecule has 19 heavy (non-hydrogen) atoms. The summed E-state index contributed by atoms with van der Waals surface area (Å²) in [6.45, 7) is 1.34. The van der Waals surface area contributed by atoms with E-state index in [0.29, 0.717) is 25.3 Å². The first kappa shape index (κ1) is 12.7. The highest BCUT2D eigenvalue weighted by Gasteiger charge is 2.36. The second-order valence-corrected chi connectivity index (χ2v) is 6.38. The molecule has 2 fully saturated rings. The molecular weight excluding hydrogens is 260 g/mol. The average Bonchev–Trinajstić information content (AvgIpc) is 2.97. The number of amides is 2. The third-order valence-electron chi connectivity index (χ3n) is 3.80. The lowest BCUT2D eigenvalue weighted by molar-refractivity contribution is -0.135. The van der Waals surface area contributed by atoms with E-state index in [1.54, 1.807) is 16.2 Å². The number of rotatable bonds is 5. The summed E-state index contributed by atoms with van der Waals surface area (Å²) < 4.78 is 0. The summed E-state index contributed by atoms with van der Waals surface area (Å²) in [5, 5.41) is 4.99. The van der Waals surface area contributed by atoms with Gasteiger partial charge in [-0.15, -0.1) is 11.3 Å². The first-order valence-corrected chi connectivity index (χ1v) is 7.71. The van der Waals surface area contributed by atoms with Gasteiger partial charge in [0.15, 0.2) is 0 Å². The summed E-state index contributed by atoms with van der Waals surface area (Å²) in [6.07, 6.45) is 3.60. The van der Waals surface area contributed by atoms with E-state index in [1.807, 2.05) is 17.5 Å². The van der Waals surface area contributed by atoms with Crippen molar-refractivity contribution in [3.8, 4) is 0 Å². The molecule has 1 aliphatic heterocycles. The second-order valence-electron chi connectivity index (χ2n) is 5.34. The van der Waals surface area contributed by atoms with Gasteiger partial charge in [0, 0.05) is 17.8 Å². The van der Waals surface area contributed by atoms with Gasteiger partial charge >= 0.3 is 0 Å². The summed E-state index contributed by atoms with van der Waals surface area (Å²) >= 11 is 1.63. The number of nitrogens with one attached hydrogen (secondary N) is 1. The van der Waals surface area contributed by atoms with E-state index in [4.69, 9.17) is 0 Å². The van der Waals surface area contributed by atoms with Crippen LogP contribution in [-0.2, 0) is 16.1 Å². The number of hydrogen-bond donors (Lipinski definition) is 1. The summed E-state index contributed by atoms with van der Waals surface area (Å²) in [6, 6.07) is 3.71. The Morgan fingerprint density at radius 3 is 2.95 bits per heavy atom. The van der Waals surface area contributed by atoms with Gasteiger partial charge in [0.05, 0.1) is 6.54 Å². The summed E-state index contributed by atoms with van der Waals surface area (Å²) in [4.78, 5) is 26.9. The Hall–Kier alpha value is -1.36. The van der Waals surface area contributed by atoms with Gasteiger partial charge < -0.3 is 10.2 Å². The zero-order valence-electron chi connectivity index (χ0n) is 10.8. The van der Waals surface area contributed by atoms with Crippen LogP contribution in [0, 0.1) is 5.92 Å². The lowest BCUT2D eigenvalue weighted by Crippen LogP contribution is -2.44. The van der Waals surface area contributed by atoms with Crippen LogP contribution >= 0.6 is 11.3 Å². The molecule has 0 aromatic carbocycles. The van der Waals surface area contributed by atoms with Gasteiger partial charge in [0.2, 0.25) is 11.8 Å². The van der Waals surface area contributed by atoms with Crippen LogP contribution in [0.3, 0.4) is 0 Å². The van der Waals surface area contributed by atoms with Crippen LogP contribution in [0.5, 0.6) is 0 Å². The number of hydrogen-bond acceptors (Lipinski definition) is 3. The maximum absolute atomic E-state index is 12.2. The minimum atomic E-state index is -0.270. The molecule has 2 amide bonds. The molecule has 4 nitrogen and oxygen atoms in total. The third kappa shape index (κ3) is 2.97. The van der Waals surface area contributed by atoms with E-state index in [9.17, 15) is 9.59 Å². The lowest BCUT2D eigenvalue weighted by Gasteiger charge is -2.23. The Kier molecular flexibility index (Phi) is 3.55. The molecule has 1 saturated carbocycles. The molecule has 3 rings (SSSR count). The molecule has 1 N–H and O–H groups in total. The normalized spacial score (nSPS) is 22.8. The minimum Gasteiger partial charge on any atom is -0.354 e. The van der Waals surface area contributed by atoms with E-state index in [2.05, 4.69) is 5.32 Å². The minimum absolute atomic E-state index is 0.0225. The average molecular weight is 278 g/mol. The molecular formula is C14H18N2O2S. The first-order chi connectivity index (χ1) is 9.24. The van der Waals surface area contributed by atoms with Crippen molar-refractivity contribution in [1.29, 1.82) is 0 Å². The lowest BCUT2D eigenvalue weighted by atomic mass is 10.2. The molecule has 1 aliphatic carbocycles. The summed E-state index contributed by atoms with van der Waals surface area (Å²) in [5.41, 5.74) is 0. The number of carbonyl (C=O) groups is 2. The van der Waals surface area contributed by atoms with E-state index in [1.165, 1.54) is 12.8 Å². The molecule has 1 aromatic heterocycles. The predicted octanol–water partition coefficient (Wildman–Crippen LogP) is 1.77. The number of thiophene rings is 1. The Morgan fingerprint density at radius 2 is 2.26 bits per heavy atom. The molecule has 1 saturated heterocycles. The van der Waals surface area contributed by atoms with Crippen LogP contribution in [0.1, 0.15) is 30.6 Å². The highest BCUT2D eigenvalue weighted by molar-refractivity contribution is 7.09. The van der Waals surface area contributed by atoms with Gasteiger partial charge in [-0.3, -0.25) is 9.59 Å². The molecule has 5 heteroatoms. The van der Waals surface area contributed by atoms with Crippen molar-refractivity contribution < 1.29 is 9.59 Å². The first-order valence-electron chi connectivity index (χ1n) is 6.83. The summed E-state index contributed by atoms with van der Waals surface area (Å²) in [7, 11) is 0. The van der Waals surface area contributed by atoms with E-state index in [-0.39, 0.29) is 17.9 Å². The molecule has 0 bridgehead atoms. The monoisotopic (exact) mass is 278 g/mol. The van der Waals surface area contributed by atoms with Crippen molar-refractivity contribution in [1.82, 2.24) is 10.2 Å². The number of nitrogens with zero attached hydrogens (tertiary/aromatic N) is 1. The molecule has 0 spiro atoms. The quantitative estimate of drug-likeness (QED) is 0.892. The Labute approximate surface area is 116 Å². The molecule has 1 atom stereocenters. The largest absolute Gasteiger partial charge is 0.354 e. The van der Waals surface area contributed by atoms with Crippen LogP contribution in [0.4, 0.5) is 0 Å². The van der Waals surface area contributed by atoms with Gasteiger partial charge in [0.25, 0.3) is 0 Å². The Morgan fingerprint density at radius 1 is 1.42 bits per heavy atom. The smallest absolute Gasteiger partial charge is 0.242 e. The number of carbonyl (C=O) groups excluding carboxylic acids is 2. The maximum atomic E-state index is 12.2. The van der Waals surface area contributed by atoms with Crippen LogP contribution < -0.4 is 5.32 Å². The maximum Gasteiger partial charge on any atom is 0.242 e. The van der Waals surface area contributed by atoms with Gasteiger partial charge in [-0.1, -0.05) is 6.07 Å². The fourth-order valence-electron chi connectivity index (χ4n) is 2.46. The van der Waals surface area contributed by atoms with E-state index >= 15 is 0 Å².